The first kappa shape index (κ1) is 22.2. The maximum atomic E-state index is 12.9. The molecule has 0 spiro atoms. The molecule has 29 heavy (non-hydrogen) atoms. The highest BCUT2D eigenvalue weighted by molar-refractivity contribution is 7.89. The van der Waals surface area contributed by atoms with Crippen LogP contribution in [-0.2, 0) is 14.8 Å². The minimum atomic E-state index is -3.63. The molecule has 2 atom stereocenters. The van der Waals surface area contributed by atoms with Crippen molar-refractivity contribution < 1.29 is 22.6 Å². The number of hydrogen-bond acceptors (Lipinski definition) is 5. The molecule has 0 aliphatic carbocycles. The molecule has 2 saturated heterocycles. The average Bonchev–Trinajstić information content (AvgIpc) is 3.05. The smallest absolute Gasteiger partial charge is 0.248 e. The topological polar surface area (TPSA) is 97.0 Å². The van der Waals surface area contributed by atoms with Crippen LogP contribution in [0.25, 0.3) is 0 Å². The highest BCUT2D eigenvalue weighted by atomic mass is 32.2. The van der Waals surface area contributed by atoms with E-state index >= 15 is 0 Å². The number of amides is 1. The van der Waals surface area contributed by atoms with Gasteiger partial charge in [0.15, 0.2) is 5.76 Å². The molecule has 1 amide bonds. The third-order valence-electron chi connectivity index (χ3n) is 6.45. The summed E-state index contributed by atoms with van der Waals surface area (Å²) in [5.74, 6) is 0.251. The highest BCUT2D eigenvalue weighted by Gasteiger charge is 2.35. The summed E-state index contributed by atoms with van der Waals surface area (Å²) in [4.78, 5) is 14.3. The third-order valence-corrected chi connectivity index (χ3v) is 8.59. The molecule has 2 aliphatic rings. The van der Waals surface area contributed by atoms with Crippen LogP contribution < -0.4 is 10.2 Å². The molecule has 2 N–H and O–H groups in total. The molecule has 0 bridgehead atoms. The minimum Gasteiger partial charge on any atom is -0.360 e. The van der Waals surface area contributed by atoms with Crippen LogP contribution in [0.1, 0.15) is 56.9 Å². The molecule has 164 valence electrons. The van der Waals surface area contributed by atoms with Crippen LogP contribution in [0.4, 0.5) is 0 Å². The van der Waals surface area contributed by atoms with Crippen LogP contribution in [0.3, 0.4) is 0 Å². The largest absolute Gasteiger partial charge is 0.360 e. The average molecular weight is 428 g/mol. The van der Waals surface area contributed by atoms with E-state index in [9.17, 15) is 13.2 Å². The van der Waals surface area contributed by atoms with Gasteiger partial charge in [-0.3, -0.25) is 4.79 Å². The Hall–Kier alpha value is -1.45. The van der Waals surface area contributed by atoms with Gasteiger partial charge in [-0.15, -0.1) is 0 Å². The van der Waals surface area contributed by atoms with Crippen LogP contribution >= 0.6 is 0 Å². The zero-order chi connectivity index (χ0) is 21.0. The molecule has 0 aromatic carbocycles. The maximum Gasteiger partial charge on any atom is 0.248 e. The standard InChI is InChI=1S/C20H34N4O4S/c1-15-7-4-5-11-23(15)12-6-10-21-20(25)18-8-13-24(14-9-18)29(26,27)19-16(2)22-28-17(19)3/h15,18H,4-14H2,1-3H3,(H,21,25)/p+1/t15-/m0/s1. The second-order valence-corrected chi connectivity index (χ2v) is 10.4. The van der Waals surface area contributed by atoms with Crippen molar-refractivity contribution in [2.24, 2.45) is 5.92 Å². The van der Waals surface area contributed by atoms with E-state index in [0.717, 1.165) is 19.0 Å². The molecule has 9 heteroatoms. The van der Waals surface area contributed by atoms with Gasteiger partial charge in [0.2, 0.25) is 15.9 Å². The van der Waals surface area contributed by atoms with Crippen LogP contribution in [0.15, 0.2) is 9.42 Å². The van der Waals surface area contributed by atoms with Crippen molar-refractivity contribution in [2.75, 3.05) is 32.7 Å². The van der Waals surface area contributed by atoms with Gasteiger partial charge in [-0.25, -0.2) is 8.42 Å². The number of nitrogens with one attached hydrogen (secondary N) is 2. The zero-order valence-electron chi connectivity index (χ0n) is 17.9. The van der Waals surface area contributed by atoms with E-state index in [2.05, 4.69) is 17.4 Å². The predicted octanol–water partition coefficient (Wildman–Crippen LogP) is 0.656. The van der Waals surface area contributed by atoms with Gasteiger partial charge in [-0.1, -0.05) is 5.16 Å². The lowest BCUT2D eigenvalue weighted by atomic mass is 9.97. The summed E-state index contributed by atoms with van der Waals surface area (Å²) in [5.41, 5.74) is 0.382. The summed E-state index contributed by atoms with van der Waals surface area (Å²) in [6.45, 7) is 9.31. The molecule has 1 unspecified atom stereocenters. The zero-order valence-corrected chi connectivity index (χ0v) is 18.7. The lowest BCUT2D eigenvalue weighted by Crippen LogP contribution is -3.16. The Morgan fingerprint density at radius 1 is 1.24 bits per heavy atom. The first-order valence-corrected chi connectivity index (χ1v) is 12.3. The molecule has 2 fully saturated rings. The summed E-state index contributed by atoms with van der Waals surface area (Å²) in [5, 5.41) is 6.81. The molecule has 3 rings (SSSR count). The Morgan fingerprint density at radius 2 is 1.97 bits per heavy atom. The second kappa shape index (κ2) is 9.57. The van der Waals surface area contributed by atoms with Crippen LogP contribution in [-0.4, -0.2) is 62.6 Å². The number of likely N-dealkylation sites (tertiary alicyclic amines) is 1. The van der Waals surface area contributed by atoms with E-state index in [4.69, 9.17) is 4.52 Å². The van der Waals surface area contributed by atoms with Gasteiger partial charge in [0, 0.05) is 32.0 Å². The fourth-order valence-corrected chi connectivity index (χ4v) is 6.39. The number of piperidine rings is 2. The number of sulfonamides is 1. The molecule has 8 nitrogen and oxygen atoms in total. The van der Waals surface area contributed by atoms with Crippen molar-refractivity contribution in [3.8, 4) is 0 Å². The van der Waals surface area contributed by atoms with E-state index in [-0.39, 0.29) is 16.7 Å². The van der Waals surface area contributed by atoms with Crippen molar-refractivity contribution in [1.82, 2.24) is 14.8 Å². The number of carbonyl (C=O) groups excluding carboxylic acids is 1. The predicted molar refractivity (Wildman–Crippen MR) is 109 cm³/mol. The summed E-state index contributed by atoms with van der Waals surface area (Å²) >= 11 is 0. The van der Waals surface area contributed by atoms with Crippen molar-refractivity contribution in [1.29, 1.82) is 0 Å². The summed E-state index contributed by atoms with van der Waals surface area (Å²) in [6.07, 6.45) is 6.03. The number of rotatable bonds is 7. The second-order valence-electron chi connectivity index (χ2n) is 8.53. The van der Waals surface area contributed by atoms with Crippen LogP contribution in [0, 0.1) is 19.8 Å². The van der Waals surface area contributed by atoms with Gasteiger partial charge in [0.25, 0.3) is 0 Å². The van der Waals surface area contributed by atoms with Gasteiger partial charge >= 0.3 is 0 Å². The fraction of sp³-hybridized carbons (Fsp3) is 0.800. The number of quaternary nitrogens is 1. The summed E-state index contributed by atoms with van der Waals surface area (Å²) in [7, 11) is -3.63. The molecule has 1 aromatic rings. The Balaban J connectivity index is 1.42. The molecule has 1 aromatic heterocycles. The summed E-state index contributed by atoms with van der Waals surface area (Å²) in [6, 6.07) is 0.725. The van der Waals surface area contributed by atoms with Crippen molar-refractivity contribution in [3.63, 3.8) is 0 Å². The van der Waals surface area contributed by atoms with E-state index in [1.165, 1.54) is 30.1 Å². The quantitative estimate of drug-likeness (QED) is 0.623. The van der Waals surface area contributed by atoms with Gasteiger partial charge in [0.05, 0.1) is 19.1 Å². The molecule has 2 aliphatic heterocycles. The number of aromatic nitrogens is 1. The van der Waals surface area contributed by atoms with Crippen molar-refractivity contribution in [2.45, 2.75) is 70.2 Å². The molecular formula is C20H35N4O4S+. The van der Waals surface area contributed by atoms with Crippen molar-refractivity contribution >= 4 is 15.9 Å². The maximum absolute atomic E-state index is 12.9. The Labute approximate surface area is 174 Å². The Morgan fingerprint density at radius 3 is 2.59 bits per heavy atom. The number of nitrogens with zero attached hydrogens (tertiary/aromatic N) is 2. The SMILES string of the molecule is Cc1noc(C)c1S(=O)(=O)N1CCC(C(=O)NCCC[NH+]2CCCC[C@@H]2C)CC1. The summed E-state index contributed by atoms with van der Waals surface area (Å²) < 4.78 is 32.2. The van der Waals surface area contributed by atoms with Crippen LogP contribution in [0.5, 0.6) is 0 Å². The fourth-order valence-electron chi connectivity index (χ4n) is 4.63. The van der Waals surface area contributed by atoms with Gasteiger partial charge in [-0.2, -0.15) is 4.31 Å². The Bertz CT molecular complexity index is 780. The molecule has 3 heterocycles. The highest BCUT2D eigenvalue weighted by Crippen LogP contribution is 2.27. The lowest BCUT2D eigenvalue weighted by molar-refractivity contribution is -0.928. The molecule has 0 saturated carbocycles. The third kappa shape index (κ3) is 5.19. The number of carbonyl (C=O) groups is 1. The van der Waals surface area contributed by atoms with Crippen LogP contribution in [0.2, 0.25) is 0 Å². The van der Waals surface area contributed by atoms with E-state index < -0.39 is 10.0 Å². The lowest BCUT2D eigenvalue weighted by Gasteiger charge is -2.31. The number of hydrogen-bond donors (Lipinski definition) is 2. The van der Waals surface area contributed by atoms with E-state index in [1.54, 1.807) is 18.7 Å². The van der Waals surface area contributed by atoms with Gasteiger partial charge in [-0.05, 0) is 52.9 Å². The normalized spacial score (nSPS) is 24.5. The molecule has 0 radical (unpaired) electrons. The van der Waals surface area contributed by atoms with E-state index in [1.807, 2.05) is 0 Å². The Kier molecular flexibility index (Phi) is 7.34. The molecular weight excluding hydrogens is 392 g/mol. The van der Waals surface area contributed by atoms with E-state index in [0.29, 0.717) is 43.9 Å². The monoisotopic (exact) mass is 427 g/mol. The first-order valence-electron chi connectivity index (χ1n) is 10.9. The minimum absolute atomic E-state index is 0.0566. The van der Waals surface area contributed by atoms with Crippen molar-refractivity contribution in [3.05, 3.63) is 11.5 Å². The first-order chi connectivity index (χ1) is 13.8. The van der Waals surface area contributed by atoms with Gasteiger partial charge < -0.3 is 14.7 Å². The number of aryl methyl sites for hydroxylation is 2. The van der Waals surface area contributed by atoms with Gasteiger partial charge in [0.1, 0.15) is 10.6 Å².